The smallest absolute Gasteiger partial charge is 0.268 e. The van der Waals surface area contributed by atoms with Gasteiger partial charge in [0.25, 0.3) is 11.8 Å². The normalized spacial score (nSPS) is 18.1. The summed E-state index contributed by atoms with van der Waals surface area (Å²) in [6.45, 7) is 0.600. The third-order valence-electron chi connectivity index (χ3n) is 3.47. The number of rotatable bonds is 3. The van der Waals surface area contributed by atoms with E-state index in [1.807, 2.05) is 12.1 Å². The summed E-state index contributed by atoms with van der Waals surface area (Å²) in [5.41, 5.74) is 0.591. The molecule has 1 aliphatic heterocycles. The summed E-state index contributed by atoms with van der Waals surface area (Å²) in [6.07, 6.45) is 1.50. The minimum atomic E-state index is -0.434. The lowest BCUT2D eigenvalue weighted by molar-refractivity contribution is -0.172. The second kappa shape index (κ2) is 6.37. The minimum absolute atomic E-state index is 0.113. The van der Waals surface area contributed by atoms with Crippen LogP contribution in [-0.2, 0) is 9.63 Å². The third-order valence-corrected chi connectivity index (χ3v) is 4.00. The number of hydrogen-bond acceptors (Lipinski definition) is 3. The van der Waals surface area contributed by atoms with Crippen molar-refractivity contribution in [1.82, 2.24) is 9.96 Å². The maximum atomic E-state index is 12.5. The molecule has 108 valence electrons. The molecule has 1 atom stereocenters. The Morgan fingerprint density at radius 2 is 2.00 bits per heavy atom. The molecule has 0 N–H and O–H groups in total. The lowest BCUT2D eigenvalue weighted by atomic mass is 10.1. The Morgan fingerprint density at radius 3 is 2.60 bits per heavy atom. The molecule has 2 amide bonds. The van der Waals surface area contributed by atoms with Crippen LogP contribution in [0.1, 0.15) is 23.2 Å². The van der Waals surface area contributed by atoms with Crippen molar-refractivity contribution in [3.05, 3.63) is 34.3 Å². The molecule has 6 heteroatoms. The van der Waals surface area contributed by atoms with E-state index in [-0.39, 0.29) is 11.8 Å². The van der Waals surface area contributed by atoms with Gasteiger partial charge in [0.1, 0.15) is 6.04 Å². The van der Waals surface area contributed by atoms with E-state index in [0.29, 0.717) is 18.5 Å². The molecule has 20 heavy (non-hydrogen) atoms. The maximum Gasteiger partial charge on any atom is 0.268 e. The molecule has 0 aliphatic carbocycles. The van der Waals surface area contributed by atoms with E-state index in [0.717, 1.165) is 10.9 Å². The fourth-order valence-electron chi connectivity index (χ4n) is 2.32. The lowest BCUT2D eigenvalue weighted by Crippen LogP contribution is -2.46. The molecule has 0 aromatic heterocycles. The Labute approximate surface area is 126 Å². The molecule has 0 bridgehead atoms. The van der Waals surface area contributed by atoms with Crippen molar-refractivity contribution in [2.75, 3.05) is 20.7 Å². The zero-order chi connectivity index (χ0) is 14.7. The van der Waals surface area contributed by atoms with Gasteiger partial charge in [-0.15, -0.1) is 0 Å². The van der Waals surface area contributed by atoms with Gasteiger partial charge in [0, 0.05) is 23.6 Å². The topological polar surface area (TPSA) is 49.9 Å². The predicted molar refractivity (Wildman–Crippen MR) is 78.0 cm³/mol. The van der Waals surface area contributed by atoms with Crippen molar-refractivity contribution in [2.24, 2.45) is 0 Å². The summed E-state index contributed by atoms with van der Waals surface area (Å²) in [5, 5.41) is 1.18. The first-order chi connectivity index (χ1) is 9.54. The molecule has 0 spiro atoms. The number of carbonyl (C=O) groups is 2. The second-order valence-corrected chi connectivity index (χ2v) is 5.60. The van der Waals surface area contributed by atoms with Crippen LogP contribution < -0.4 is 0 Å². The molecule has 0 unspecified atom stereocenters. The Hall–Kier alpha value is -1.40. The summed E-state index contributed by atoms with van der Waals surface area (Å²) >= 11 is 3.34. The van der Waals surface area contributed by atoms with Gasteiger partial charge in [-0.1, -0.05) is 15.9 Å². The number of halogens is 1. The first-order valence-corrected chi connectivity index (χ1v) is 7.22. The van der Waals surface area contributed by atoms with Gasteiger partial charge in [0.2, 0.25) is 0 Å². The van der Waals surface area contributed by atoms with E-state index in [1.165, 1.54) is 12.2 Å². The van der Waals surface area contributed by atoms with Crippen LogP contribution in [0.3, 0.4) is 0 Å². The summed E-state index contributed by atoms with van der Waals surface area (Å²) in [5.74, 6) is -0.298. The molecule has 5 nitrogen and oxygen atoms in total. The number of benzene rings is 1. The summed E-state index contributed by atoms with van der Waals surface area (Å²) < 4.78 is 0.919. The average Bonchev–Trinajstić information content (AvgIpc) is 2.95. The third kappa shape index (κ3) is 3.02. The monoisotopic (exact) mass is 340 g/mol. The largest absolute Gasteiger partial charge is 0.327 e. The van der Waals surface area contributed by atoms with Gasteiger partial charge in [-0.2, -0.15) is 0 Å². The van der Waals surface area contributed by atoms with E-state index < -0.39 is 6.04 Å². The molecule has 0 saturated carbocycles. The molecule has 1 aromatic rings. The zero-order valence-electron chi connectivity index (χ0n) is 11.5. The first kappa shape index (κ1) is 15.0. The minimum Gasteiger partial charge on any atom is -0.327 e. The highest BCUT2D eigenvalue weighted by molar-refractivity contribution is 9.10. The van der Waals surface area contributed by atoms with Crippen LogP contribution >= 0.6 is 15.9 Å². The van der Waals surface area contributed by atoms with E-state index in [1.54, 1.807) is 24.1 Å². The molecule has 1 fully saturated rings. The summed E-state index contributed by atoms with van der Waals surface area (Å²) in [7, 11) is 3.00. The standard InChI is InChI=1S/C14H17BrN2O3/c1-16(20-2)14(19)12-4-3-9-17(12)13(18)10-5-7-11(15)8-6-10/h5-8,12H,3-4,9H2,1-2H3/t12-/m0/s1. The van der Waals surface area contributed by atoms with Gasteiger partial charge in [0.15, 0.2) is 0 Å². The number of likely N-dealkylation sites (tertiary alicyclic amines) is 1. The van der Waals surface area contributed by atoms with Crippen molar-refractivity contribution in [3.63, 3.8) is 0 Å². The molecular weight excluding hydrogens is 324 g/mol. The van der Waals surface area contributed by atoms with Crippen molar-refractivity contribution < 1.29 is 14.4 Å². The van der Waals surface area contributed by atoms with E-state index in [4.69, 9.17) is 4.84 Å². The van der Waals surface area contributed by atoms with Gasteiger partial charge in [0.05, 0.1) is 7.11 Å². The zero-order valence-corrected chi connectivity index (χ0v) is 13.1. The fourth-order valence-corrected chi connectivity index (χ4v) is 2.59. The molecule has 1 aliphatic rings. The van der Waals surface area contributed by atoms with E-state index >= 15 is 0 Å². The molecule has 0 radical (unpaired) electrons. The molecule has 1 saturated heterocycles. The first-order valence-electron chi connectivity index (χ1n) is 6.43. The van der Waals surface area contributed by atoms with Crippen molar-refractivity contribution in [2.45, 2.75) is 18.9 Å². The van der Waals surface area contributed by atoms with Gasteiger partial charge >= 0.3 is 0 Å². The molecular formula is C14H17BrN2O3. The number of hydroxylamine groups is 2. The number of carbonyl (C=O) groups excluding carboxylic acids is 2. The second-order valence-electron chi connectivity index (χ2n) is 4.68. The van der Waals surface area contributed by atoms with Gasteiger partial charge in [-0.05, 0) is 37.1 Å². The van der Waals surface area contributed by atoms with Gasteiger partial charge in [-0.3, -0.25) is 14.4 Å². The quantitative estimate of drug-likeness (QED) is 0.791. The SMILES string of the molecule is CON(C)C(=O)[C@@H]1CCCN1C(=O)c1ccc(Br)cc1. The van der Waals surface area contributed by atoms with Crippen molar-refractivity contribution in [1.29, 1.82) is 0 Å². The average molecular weight is 341 g/mol. The van der Waals surface area contributed by atoms with Crippen LogP contribution in [0, 0.1) is 0 Å². The lowest BCUT2D eigenvalue weighted by Gasteiger charge is -2.26. The van der Waals surface area contributed by atoms with Crippen LogP contribution in [0.15, 0.2) is 28.7 Å². The highest BCUT2D eigenvalue weighted by Crippen LogP contribution is 2.22. The molecule has 1 aromatic carbocycles. The highest BCUT2D eigenvalue weighted by Gasteiger charge is 2.36. The molecule has 1 heterocycles. The van der Waals surface area contributed by atoms with Crippen molar-refractivity contribution >= 4 is 27.7 Å². The number of likely N-dealkylation sites (N-methyl/N-ethyl adjacent to an activating group) is 1. The fraction of sp³-hybridized carbons (Fsp3) is 0.429. The van der Waals surface area contributed by atoms with Crippen LogP contribution in [-0.4, -0.2) is 48.5 Å². The Kier molecular flexibility index (Phi) is 4.77. The molecule has 2 rings (SSSR count). The number of amides is 2. The number of hydrogen-bond donors (Lipinski definition) is 0. The van der Waals surface area contributed by atoms with E-state index in [9.17, 15) is 9.59 Å². The van der Waals surface area contributed by atoms with Gasteiger partial charge in [-0.25, -0.2) is 5.06 Å². The van der Waals surface area contributed by atoms with Crippen molar-refractivity contribution in [3.8, 4) is 0 Å². The van der Waals surface area contributed by atoms with E-state index in [2.05, 4.69) is 15.9 Å². The van der Waals surface area contributed by atoms with Gasteiger partial charge < -0.3 is 4.90 Å². The Bertz CT molecular complexity index is 504. The maximum absolute atomic E-state index is 12.5. The number of nitrogens with zero attached hydrogens (tertiary/aromatic N) is 2. The van der Waals surface area contributed by atoms with Crippen LogP contribution in [0.2, 0.25) is 0 Å². The van der Waals surface area contributed by atoms with Crippen LogP contribution in [0.25, 0.3) is 0 Å². The summed E-state index contributed by atoms with van der Waals surface area (Å²) in [6, 6.07) is 6.72. The predicted octanol–water partition coefficient (Wildman–Crippen LogP) is 2.07. The Balaban J connectivity index is 2.16. The van der Waals surface area contributed by atoms with Crippen LogP contribution in [0.5, 0.6) is 0 Å². The highest BCUT2D eigenvalue weighted by atomic mass is 79.9. The Morgan fingerprint density at radius 1 is 1.35 bits per heavy atom. The summed E-state index contributed by atoms with van der Waals surface area (Å²) in [4.78, 5) is 31.2. The van der Waals surface area contributed by atoms with Crippen LogP contribution in [0.4, 0.5) is 0 Å².